The summed E-state index contributed by atoms with van der Waals surface area (Å²) in [5.41, 5.74) is -0.285. The number of alkyl halides is 3. The number of aryl methyl sites for hydroxylation is 1. The van der Waals surface area contributed by atoms with Crippen LogP contribution in [0.5, 0.6) is 17.2 Å². The smallest absolute Gasteiger partial charge is 0.433 e. The van der Waals surface area contributed by atoms with Crippen LogP contribution in [0.25, 0.3) is 0 Å². The highest BCUT2D eigenvalue weighted by Crippen LogP contribution is 2.34. The molecule has 0 atom stereocenters. The molecular weight excluding hydrogens is 449 g/mol. The number of rotatable bonds is 6. The minimum Gasteiger partial charge on any atom is -0.493 e. The van der Waals surface area contributed by atoms with Gasteiger partial charge in [-0.1, -0.05) is 17.7 Å². The van der Waals surface area contributed by atoms with Crippen molar-refractivity contribution in [3.8, 4) is 17.2 Å². The Morgan fingerprint density at radius 2 is 1.72 bits per heavy atom. The Labute approximate surface area is 186 Å². The Hall–Kier alpha value is -3.46. The van der Waals surface area contributed by atoms with Gasteiger partial charge >= 0.3 is 12.1 Å². The summed E-state index contributed by atoms with van der Waals surface area (Å²) in [6.45, 7) is 1.73. The van der Waals surface area contributed by atoms with Crippen molar-refractivity contribution in [2.45, 2.75) is 13.1 Å². The third-order valence-electron chi connectivity index (χ3n) is 4.42. The molecule has 32 heavy (non-hydrogen) atoms. The minimum atomic E-state index is -4.70. The van der Waals surface area contributed by atoms with Crippen LogP contribution >= 0.6 is 11.6 Å². The molecule has 0 unspecified atom stereocenters. The minimum absolute atomic E-state index is 0.109. The maximum Gasteiger partial charge on any atom is 0.433 e. The second-order valence-corrected chi connectivity index (χ2v) is 7.02. The zero-order valence-electron chi connectivity index (χ0n) is 17.2. The van der Waals surface area contributed by atoms with E-state index in [-0.39, 0.29) is 17.1 Å². The number of esters is 1. The largest absolute Gasteiger partial charge is 0.493 e. The molecule has 0 aliphatic heterocycles. The molecule has 3 aromatic rings. The van der Waals surface area contributed by atoms with Crippen LogP contribution in [-0.2, 0) is 6.18 Å². The number of carbonyl (C=O) groups excluding carboxylic acids is 1. The zero-order chi connectivity index (χ0) is 23.5. The van der Waals surface area contributed by atoms with Crippen molar-refractivity contribution in [3.63, 3.8) is 0 Å². The summed E-state index contributed by atoms with van der Waals surface area (Å²) in [7, 11) is 2.87. The molecule has 1 N–H and O–H groups in total. The number of hydrogen-bond donors (Lipinski definition) is 1. The highest BCUT2D eigenvalue weighted by molar-refractivity contribution is 6.30. The average molecular weight is 467 g/mol. The first-order valence-corrected chi connectivity index (χ1v) is 9.55. The Bertz CT molecular complexity index is 1150. The first kappa shape index (κ1) is 23.2. The summed E-state index contributed by atoms with van der Waals surface area (Å²) in [6.07, 6.45) is -4.70. The van der Waals surface area contributed by atoms with Crippen LogP contribution in [0.15, 0.2) is 48.5 Å². The maximum atomic E-state index is 13.2. The number of hydrogen-bond acceptors (Lipinski definition) is 6. The Kier molecular flexibility index (Phi) is 6.78. The number of benzene rings is 2. The number of anilines is 2. The predicted octanol–water partition coefficient (Wildman–Crippen LogP) is 6.04. The monoisotopic (exact) mass is 466 g/mol. The van der Waals surface area contributed by atoms with Gasteiger partial charge in [-0.15, -0.1) is 0 Å². The van der Waals surface area contributed by atoms with Gasteiger partial charge in [-0.2, -0.15) is 13.2 Å². The van der Waals surface area contributed by atoms with E-state index in [4.69, 9.17) is 25.8 Å². The van der Waals surface area contributed by atoms with Gasteiger partial charge in [0.25, 0.3) is 0 Å². The number of nitrogens with one attached hydrogen (secondary N) is 1. The number of methoxy groups -OCH3 is 2. The van der Waals surface area contributed by atoms with Crippen LogP contribution < -0.4 is 19.5 Å². The van der Waals surface area contributed by atoms with Crippen LogP contribution in [0.2, 0.25) is 5.02 Å². The number of ether oxygens (including phenoxy) is 3. The molecule has 0 saturated heterocycles. The highest BCUT2D eigenvalue weighted by Gasteiger charge is 2.34. The van der Waals surface area contributed by atoms with Gasteiger partial charge in [0.15, 0.2) is 11.5 Å². The quantitative estimate of drug-likeness (QED) is 0.352. The van der Waals surface area contributed by atoms with Crippen molar-refractivity contribution in [1.29, 1.82) is 0 Å². The normalized spacial score (nSPS) is 11.1. The summed E-state index contributed by atoms with van der Waals surface area (Å²) in [6, 6.07) is 11.0. The number of nitrogens with zero attached hydrogens (tertiary/aromatic N) is 1. The summed E-state index contributed by atoms with van der Waals surface area (Å²) in [4.78, 5) is 16.4. The topological polar surface area (TPSA) is 69.7 Å². The summed E-state index contributed by atoms with van der Waals surface area (Å²) in [5.74, 6) is -0.396. The van der Waals surface area contributed by atoms with E-state index in [1.807, 2.05) is 0 Å². The summed E-state index contributed by atoms with van der Waals surface area (Å²) >= 11 is 6.00. The van der Waals surface area contributed by atoms with Crippen LogP contribution in [0, 0.1) is 6.92 Å². The first-order chi connectivity index (χ1) is 15.1. The molecule has 0 radical (unpaired) electrons. The molecule has 0 bridgehead atoms. The summed E-state index contributed by atoms with van der Waals surface area (Å²) in [5, 5.41) is 3.12. The van der Waals surface area contributed by atoms with E-state index >= 15 is 0 Å². The van der Waals surface area contributed by atoms with Gasteiger partial charge < -0.3 is 19.5 Å². The molecule has 0 saturated carbocycles. The zero-order valence-corrected chi connectivity index (χ0v) is 18.0. The molecular formula is C22H18ClF3N2O4. The molecule has 0 aliphatic carbocycles. The van der Waals surface area contributed by atoms with Gasteiger partial charge in [0.05, 0.1) is 14.2 Å². The van der Waals surface area contributed by atoms with E-state index in [1.54, 1.807) is 19.1 Å². The number of halogens is 4. The molecule has 0 amide bonds. The van der Waals surface area contributed by atoms with Crippen LogP contribution in [-0.4, -0.2) is 25.2 Å². The number of carbonyl (C=O) groups is 1. The third-order valence-corrected chi connectivity index (χ3v) is 4.66. The van der Waals surface area contributed by atoms with Crippen molar-refractivity contribution in [2.24, 2.45) is 0 Å². The van der Waals surface area contributed by atoms with E-state index in [0.29, 0.717) is 33.8 Å². The number of aromatic nitrogens is 1. The molecule has 0 aliphatic rings. The molecule has 0 spiro atoms. The van der Waals surface area contributed by atoms with Crippen molar-refractivity contribution in [3.05, 3.63) is 70.4 Å². The molecule has 1 heterocycles. The summed E-state index contributed by atoms with van der Waals surface area (Å²) < 4.78 is 55.3. The van der Waals surface area contributed by atoms with Gasteiger partial charge in [0.2, 0.25) is 0 Å². The highest BCUT2D eigenvalue weighted by atomic mass is 35.5. The maximum absolute atomic E-state index is 13.2. The average Bonchev–Trinajstić information content (AvgIpc) is 2.75. The lowest BCUT2D eigenvalue weighted by atomic mass is 10.1. The third kappa shape index (κ3) is 5.23. The van der Waals surface area contributed by atoms with Gasteiger partial charge in [0.1, 0.15) is 22.8 Å². The predicted molar refractivity (Wildman–Crippen MR) is 113 cm³/mol. The molecule has 3 rings (SSSR count). The van der Waals surface area contributed by atoms with Crippen LogP contribution in [0.4, 0.5) is 24.7 Å². The van der Waals surface area contributed by atoms with E-state index < -0.39 is 17.8 Å². The molecule has 168 valence electrons. The van der Waals surface area contributed by atoms with Gasteiger partial charge in [-0.25, -0.2) is 9.78 Å². The fourth-order valence-corrected chi connectivity index (χ4v) is 2.95. The molecule has 0 fully saturated rings. The van der Waals surface area contributed by atoms with Crippen molar-refractivity contribution in [1.82, 2.24) is 4.98 Å². The van der Waals surface area contributed by atoms with Crippen molar-refractivity contribution >= 4 is 29.1 Å². The first-order valence-electron chi connectivity index (χ1n) is 9.18. The Morgan fingerprint density at radius 3 is 2.38 bits per heavy atom. The lowest BCUT2D eigenvalue weighted by Crippen LogP contribution is -2.16. The Balaban J connectivity index is 1.99. The Morgan fingerprint density at radius 1 is 1.00 bits per heavy atom. The fraction of sp³-hybridized carbons (Fsp3) is 0.182. The lowest BCUT2D eigenvalue weighted by Gasteiger charge is -2.15. The fourth-order valence-electron chi connectivity index (χ4n) is 2.78. The van der Waals surface area contributed by atoms with Gasteiger partial charge in [-0.05, 0) is 48.9 Å². The van der Waals surface area contributed by atoms with E-state index in [1.165, 1.54) is 38.5 Å². The lowest BCUT2D eigenvalue weighted by molar-refractivity contribution is -0.141. The van der Waals surface area contributed by atoms with E-state index in [9.17, 15) is 18.0 Å². The van der Waals surface area contributed by atoms with E-state index in [2.05, 4.69) is 10.3 Å². The number of pyridine rings is 1. The van der Waals surface area contributed by atoms with Gasteiger partial charge in [-0.3, -0.25) is 0 Å². The standard InChI is InChI=1S/C22H18ClF3N2O4/c1-12-4-5-13(23)10-16(12)27-20-15(7-9-19(28-20)22(24,25)26)21(29)32-14-6-8-17(30-2)18(11-14)31-3/h4-11H,1-3H3,(H,27,28). The van der Waals surface area contributed by atoms with Crippen molar-refractivity contribution < 1.29 is 32.2 Å². The molecule has 2 aromatic carbocycles. The second kappa shape index (κ2) is 9.35. The SMILES string of the molecule is COc1ccc(OC(=O)c2ccc(C(F)(F)F)nc2Nc2cc(Cl)ccc2C)cc1OC. The molecule has 10 heteroatoms. The van der Waals surface area contributed by atoms with Gasteiger partial charge in [0, 0.05) is 16.8 Å². The van der Waals surface area contributed by atoms with E-state index in [0.717, 1.165) is 6.07 Å². The van der Waals surface area contributed by atoms with Crippen LogP contribution in [0.1, 0.15) is 21.6 Å². The molecule has 6 nitrogen and oxygen atoms in total. The second-order valence-electron chi connectivity index (χ2n) is 6.58. The molecule has 1 aromatic heterocycles. The van der Waals surface area contributed by atoms with Crippen LogP contribution in [0.3, 0.4) is 0 Å². The van der Waals surface area contributed by atoms with Crippen molar-refractivity contribution in [2.75, 3.05) is 19.5 Å².